The molecule has 0 radical (unpaired) electrons. The molecule has 6 heteroatoms. The van der Waals surface area contributed by atoms with E-state index in [0.29, 0.717) is 11.3 Å². The predicted molar refractivity (Wildman–Crippen MR) is 98.5 cm³/mol. The summed E-state index contributed by atoms with van der Waals surface area (Å²) in [5, 5.41) is 0. The lowest BCUT2D eigenvalue weighted by Gasteiger charge is -2.16. The highest BCUT2D eigenvalue weighted by Crippen LogP contribution is 2.23. The fourth-order valence-corrected chi connectivity index (χ4v) is 2.83. The molecule has 1 aliphatic heterocycles. The number of nitrogens with one attached hydrogen (secondary N) is 2. The van der Waals surface area contributed by atoms with Crippen LogP contribution in [0.25, 0.3) is 0 Å². The summed E-state index contributed by atoms with van der Waals surface area (Å²) in [5.41, 5.74) is 8.41. The summed E-state index contributed by atoms with van der Waals surface area (Å²) in [6, 6.07) is 13.6. The zero-order chi connectivity index (χ0) is 18.7. The van der Waals surface area contributed by atoms with E-state index in [4.69, 9.17) is 0 Å². The molecule has 1 unspecified atom stereocenters. The van der Waals surface area contributed by atoms with Crippen molar-refractivity contribution >= 4 is 23.4 Å². The lowest BCUT2D eigenvalue weighted by molar-refractivity contribution is -0.121. The number of carbonyl (C=O) groups is 3. The van der Waals surface area contributed by atoms with Crippen molar-refractivity contribution in [1.29, 1.82) is 0 Å². The van der Waals surface area contributed by atoms with Gasteiger partial charge in [0.25, 0.3) is 11.8 Å². The van der Waals surface area contributed by atoms with Crippen molar-refractivity contribution in [3.05, 3.63) is 65.2 Å². The molecule has 2 N–H and O–H groups in total. The first-order valence-electron chi connectivity index (χ1n) is 8.58. The Hall–Kier alpha value is -2.99. The van der Waals surface area contributed by atoms with Crippen LogP contribution in [0.1, 0.15) is 34.8 Å². The van der Waals surface area contributed by atoms with Gasteiger partial charge in [-0.15, -0.1) is 0 Å². The molecule has 2 aromatic carbocycles. The maximum Gasteiger partial charge on any atom is 0.265 e. The summed E-state index contributed by atoms with van der Waals surface area (Å²) in [4.78, 5) is 38.1. The Labute approximate surface area is 152 Å². The van der Waals surface area contributed by atoms with Gasteiger partial charge in [-0.25, -0.2) is 10.3 Å². The summed E-state index contributed by atoms with van der Waals surface area (Å²) in [6.07, 6.45) is 0.889. The van der Waals surface area contributed by atoms with E-state index in [1.165, 1.54) is 0 Å². The minimum Gasteiger partial charge on any atom is -0.287 e. The van der Waals surface area contributed by atoms with E-state index in [1.807, 2.05) is 38.1 Å². The van der Waals surface area contributed by atoms with Gasteiger partial charge in [-0.3, -0.25) is 19.8 Å². The first-order valence-corrected chi connectivity index (χ1v) is 8.58. The number of aryl methyl sites for hydroxylation is 2. The molecule has 1 fully saturated rings. The normalized spacial score (nSPS) is 16.8. The fourth-order valence-electron chi connectivity index (χ4n) is 2.83. The third-order valence-corrected chi connectivity index (χ3v) is 4.42. The van der Waals surface area contributed by atoms with E-state index in [1.54, 1.807) is 24.3 Å². The number of hydrogen-bond acceptors (Lipinski definition) is 4. The van der Waals surface area contributed by atoms with E-state index >= 15 is 0 Å². The van der Waals surface area contributed by atoms with Crippen LogP contribution >= 0.6 is 0 Å². The van der Waals surface area contributed by atoms with Crippen LogP contribution in [-0.2, 0) is 16.0 Å². The minimum absolute atomic E-state index is 0.00252. The van der Waals surface area contributed by atoms with Crippen LogP contribution in [0.2, 0.25) is 0 Å². The number of nitrogens with zero attached hydrogens (tertiary/aromatic N) is 1. The fraction of sp³-hybridized carbons (Fsp3) is 0.250. The highest BCUT2D eigenvalue weighted by Gasteiger charge is 2.39. The summed E-state index contributed by atoms with van der Waals surface area (Å²) in [6.45, 7) is 3.97. The Morgan fingerprint density at radius 3 is 2.35 bits per heavy atom. The highest BCUT2D eigenvalue weighted by molar-refractivity contribution is 6.22. The molecule has 3 rings (SSSR count). The van der Waals surface area contributed by atoms with Gasteiger partial charge >= 0.3 is 0 Å². The summed E-state index contributed by atoms with van der Waals surface area (Å²) >= 11 is 0. The maximum absolute atomic E-state index is 12.6. The Bertz CT molecular complexity index is 828. The number of carbonyl (C=O) groups excluding carboxylic acids is 3. The molecule has 1 aliphatic rings. The molecule has 1 saturated heterocycles. The molecular formula is C20H21N3O3. The molecule has 6 nitrogen and oxygen atoms in total. The van der Waals surface area contributed by atoms with Crippen LogP contribution in [0.3, 0.4) is 0 Å². The van der Waals surface area contributed by atoms with Gasteiger partial charge in [0.1, 0.15) is 6.04 Å². The van der Waals surface area contributed by atoms with Gasteiger partial charge < -0.3 is 0 Å². The molecular weight excluding hydrogens is 330 g/mol. The molecule has 134 valence electrons. The van der Waals surface area contributed by atoms with Gasteiger partial charge in [-0.2, -0.15) is 0 Å². The van der Waals surface area contributed by atoms with Crippen molar-refractivity contribution in [3.63, 3.8) is 0 Å². The number of anilines is 1. The Kier molecular flexibility index (Phi) is 5.14. The van der Waals surface area contributed by atoms with Gasteiger partial charge in [0.2, 0.25) is 5.91 Å². The topological polar surface area (TPSA) is 78.5 Å². The van der Waals surface area contributed by atoms with Gasteiger partial charge in [-0.1, -0.05) is 36.8 Å². The van der Waals surface area contributed by atoms with Gasteiger partial charge in [-0.05, 0) is 43.2 Å². The number of benzene rings is 2. The van der Waals surface area contributed by atoms with E-state index in [0.717, 1.165) is 22.4 Å². The van der Waals surface area contributed by atoms with Crippen molar-refractivity contribution in [2.75, 3.05) is 4.90 Å². The lowest BCUT2D eigenvalue weighted by atomic mass is 10.1. The summed E-state index contributed by atoms with van der Waals surface area (Å²) < 4.78 is 0. The van der Waals surface area contributed by atoms with Crippen LogP contribution in [0.4, 0.5) is 5.69 Å². The number of amides is 3. The smallest absolute Gasteiger partial charge is 0.265 e. The van der Waals surface area contributed by atoms with Gasteiger partial charge in [0, 0.05) is 5.56 Å². The molecule has 2 aromatic rings. The van der Waals surface area contributed by atoms with Crippen LogP contribution in [0.5, 0.6) is 0 Å². The molecule has 0 saturated carbocycles. The second kappa shape index (κ2) is 7.49. The van der Waals surface area contributed by atoms with Gasteiger partial charge in [0.05, 0.1) is 12.1 Å². The Morgan fingerprint density at radius 1 is 1.08 bits per heavy atom. The largest absolute Gasteiger partial charge is 0.287 e. The molecule has 1 atom stereocenters. The second-order valence-electron chi connectivity index (χ2n) is 6.31. The molecule has 0 spiro atoms. The number of hydrogen-bond donors (Lipinski definition) is 2. The summed E-state index contributed by atoms with van der Waals surface area (Å²) in [7, 11) is 0. The van der Waals surface area contributed by atoms with E-state index in [2.05, 4.69) is 10.9 Å². The SMILES string of the molecule is CCc1ccc(N2C(=O)CC(NNC(=O)c3ccc(C)cc3)C2=O)cc1. The number of hydrazine groups is 1. The van der Waals surface area contributed by atoms with Crippen molar-refractivity contribution in [3.8, 4) is 0 Å². The van der Waals surface area contributed by atoms with Crippen LogP contribution in [0, 0.1) is 6.92 Å². The Balaban J connectivity index is 1.64. The van der Waals surface area contributed by atoms with Crippen molar-refractivity contribution in [2.45, 2.75) is 32.7 Å². The highest BCUT2D eigenvalue weighted by atomic mass is 16.2. The third kappa shape index (κ3) is 3.65. The minimum atomic E-state index is -0.775. The average molecular weight is 351 g/mol. The molecule has 26 heavy (non-hydrogen) atoms. The molecule has 0 aromatic heterocycles. The first kappa shape index (κ1) is 17.8. The molecule has 3 amide bonds. The van der Waals surface area contributed by atoms with Crippen LogP contribution < -0.4 is 15.8 Å². The van der Waals surface area contributed by atoms with Gasteiger partial charge in [0.15, 0.2) is 0 Å². The molecule has 0 aliphatic carbocycles. The van der Waals surface area contributed by atoms with E-state index < -0.39 is 6.04 Å². The zero-order valence-electron chi connectivity index (χ0n) is 14.8. The summed E-state index contributed by atoms with van der Waals surface area (Å²) in [5.74, 6) is -1.01. The van der Waals surface area contributed by atoms with Crippen LogP contribution in [0.15, 0.2) is 48.5 Å². The van der Waals surface area contributed by atoms with Crippen LogP contribution in [-0.4, -0.2) is 23.8 Å². The molecule has 1 heterocycles. The zero-order valence-corrected chi connectivity index (χ0v) is 14.8. The number of rotatable bonds is 5. The second-order valence-corrected chi connectivity index (χ2v) is 6.31. The van der Waals surface area contributed by atoms with E-state index in [9.17, 15) is 14.4 Å². The standard InChI is InChI=1S/C20H21N3O3/c1-3-14-6-10-16(11-7-14)23-18(24)12-17(20(23)26)21-22-19(25)15-8-4-13(2)5-9-15/h4-11,17,21H,3,12H2,1-2H3,(H,22,25). The number of imide groups is 1. The Morgan fingerprint density at radius 2 is 1.73 bits per heavy atom. The monoisotopic (exact) mass is 351 g/mol. The quantitative estimate of drug-likeness (QED) is 0.639. The average Bonchev–Trinajstić information content (AvgIpc) is 2.94. The van der Waals surface area contributed by atoms with E-state index in [-0.39, 0.29) is 24.1 Å². The van der Waals surface area contributed by atoms with Crippen molar-refractivity contribution in [2.24, 2.45) is 0 Å². The van der Waals surface area contributed by atoms with Crippen molar-refractivity contribution < 1.29 is 14.4 Å². The lowest BCUT2D eigenvalue weighted by Crippen LogP contribution is -2.48. The third-order valence-electron chi connectivity index (χ3n) is 4.42. The molecule has 0 bridgehead atoms. The maximum atomic E-state index is 12.6. The predicted octanol–water partition coefficient (Wildman–Crippen LogP) is 2.12. The van der Waals surface area contributed by atoms with Crippen molar-refractivity contribution in [1.82, 2.24) is 10.9 Å². The first-order chi connectivity index (χ1) is 12.5.